The Morgan fingerprint density at radius 1 is 1.33 bits per heavy atom. The largest absolute Gasteiger partial charge is 0.483 e. The summed E-state index contributed by atoms with van der Waals surface area (Å²) in [7, 11) is 0. The van der Waals surface area contributed by atoms with Gasteiger partial charge in [0, 0.05) is 12.6 Å². The van der Waals surface area contributed by atoms with Gasteiger partial charge in [0.05, 0.1) is 23.2 Å². The second kappa shape index (κ2) is 8.76. The highest BCUT2D eigenvalue weighted by atomic mass is 16.5. The molecule has 6 nitrogen and oxygen atoms in total. The minimum Gasteiger partial charge on any atom is -0.483 e. The number of fused-ring (bicyclic) bond motifs is 1. The first kappa shape index (κ1) is 21.7. The number of ether oxygens (including phenoxy) is 1. The molecule has 3 rings (SSSR count). The van der Waals surface area contributed by atoms with Gasteiger partial charge in [0.1, 0.15) is 12.2 Å². The molecule has 6 heteroatoms. The van der Waals surface area contributed by atoms with Crippen LogP contribution >= 0.6 is 0 Å². The normalized spacial score (nSPS) is 17.6. The first-order chi connectivity index (χ1) is 14.2. The molecule has 0 unspecified atom stereocenters. The zero-order valence-electron chi connectivity index (χ0n) is 17.9. The van der Waals surface area contributed by atoms with Gasteiger partial charge in [0.25, 0.3) is 0 Å². The highest BCUT2D eigenvalue weighted by Crippen LogP contribution is 2.33. The third-order valence-electron chi connectivity index (χ3n) is 5.91. The number of hydrogen-bond acceptors (Lipinski definition) is 5. The van der Waals surface area contributed by atoms with Crippen molar-refractivity contribution < 1.29 is 14.6 Å². The summed E-state index contributed by atoms with van der Waals surface area (Å²) < 4.78 is 6.13. The summed E-state index contributed by atoms with van der Waals surface area (Å²) in [4.78, 5) is 11.6. The van der Waals surface area contributed by atoms with E-state index in [1.807, 2.05) is 36.4 Å². The minimum atomic E-state index is -0.927. The first-order valence-electron chi connectivity index (χ1n) is 10.2. The summed E-state index contributed by atoms with van der Waals surface area (Å²) >= 11 is 0. The maximum Gasteiger partial charge on any atom is 0.313 e. The van der Waals surface area contributed by atoms with Crippen LogP contribution in [0.5, 0.6) is 5.75 Å². The highest BCUT2D eigenvalue weighted by molar-refractivity contribution is 5.80. The number of nitrogens with one attached hydrogen (secondary N) is 2. The second-order valence-electron chi connectivity index (χ2n) is 8.48. The average Bonchev–Trinajstić information content (AvgIpc) is 2.76. The van der Waals surface area contributed by atoms with Crippen molar-refractivity contribution in [3.63, 3.8) is 0 Å². The molecule has 2 aromatic rings. The number of nitrogens with zero attached hydrogens (tertiary/aromatic N) is 1. The molecule has 0 aromatic heterocycles. The van der Waals surface area contributed by atoms with E-state index < -0.39 is 11.4 Å². The zero-order valence-corrected chi connectivity index (χ0v) is 17.9. The van der Waals surface area contributed by atoms with E-state index in [0.717, 1.165) is 23.4 Å². The summed E-state index contributed by atoms with van der Waals surface area (Å²) in [5.74, 6) is -0.0185. The molecule has 158 valence electrons. The molecule has 0 radical (unpaired) electrons. The number of para-hydroxylation sites is 1. The van der Waals surface area contributed by atoms with Gasteiger partial charge in [-0.2, -0.15) is 5.26 Å². The molecule has 3 N–H and O–H groups in total. The van der Waals surface area contributed by atoms with Crippen molar-refractivity contribution in [1.29, 1.82) is 5.26 Å². The van der Waals surface area contributed by atoms with E-state index in [2.05, 4.69) is 30.6 Å². The molecular weight excluding hydrogens is 378 g/mol. The molecule has 0 spiro atoms. The number of carbonyl (C=O) groups is 1. The summed E-state index contributed by atoms with van der Waals surface area (Å²) in [6, 6.07) is 15.6. The number of carboxylic acid groups (broad SMARTS) is 1. The SMILES string of the molecule is C[C@@H](CN[C@H](C)[C@H]1CNc2cccc(C#N)c2O1)c1cccc(C(C)(C)C(=O)O)c1. The lowest BCUT2D eigenvalue weighted by Crippen LogP contribution is -2.47. The average molecular weight is 408 g/mol. The van der Waals surface area contributed by atoms with Gasteiger partial charge < -0.3 is 20.5 Å². The molecule has 0 amide bonds. The van der Waals surface area contributed by atoms with Crippen molar-refractivity contribution in [3.05, 3.63) is 59.2 Å². The van der Waals surface area contributed by atoms with E-state index in [-0.39, 0.29) is 18.1 Å². The quantitative estimate of drug-likeness (QED) is 0.645. The van der Waals surface area contributed by atoms with Crippen LogP contribution in [0.1, 0.15) is 50.3 Å². The third-order valence-corrected chi connectivity index (χ3v) is 5.91. The van der Waals surface area contributed by atoms with Crippen LogP contribution in [0.2, 0.25) is 0 Å². The smallest absolute Gasteiger partial charge is 0.313 e. The Morgan fingerprint density at radius 2 is 2.07 bits per heavy atom. The number of nitriles is 1. The van der Waals surface area contributed by atoms with E-state index in [0.29, 0.717) is 17.9 Å². The number of benzene rings is 2. The Labute approximate surface area is 177 Å². The lowest BCUT2D eigenvalue weighted by molar-refractivity contribution is -0.142. The van der Waals surface area contributed by atoms with Gasteiger partial charge >= 0.3 is 5.97 Å². The van der Waals surface area contributed by atoms with E-state index >= 15 is 0 Å². The van der Waals surface area contributed by atoms with E-state index in [1.165, 1.54) is 0 Å². The van der Waals surface area contributed by atoms with Gasteiger partial charge in [-0.05, 0) is 49.9 Å². The number of anilines is 1. The standard InChI is InChI=1S/C24H29N3O3/c1-15(17-7-5-9-19(11-17)24(3,4)23(28)29)13-26-16(2)21-14-27-20-10-6-8-18(12-25)22(20)30-21/h5-11,15-16,21,26-27H,13-14H2,1-4H3,(H,28,29)/t15-,16+,21+/m0/s1. The summed E-state index contributed by atoms with van der Waals surface area (Å²) in [5.41, 5.74) is 2.35. The predicted molar refractivity (Wildman–Crippen MR) is 117 cm³/mol. The molecule has 0 bridgehead atoms. The van der Waals surface area contributed by atoms with Crippen LogP contribution in [0, 0.1) is 11.3 Å². The topological polar surface area (TPSA) is 94.4 Å². The Hall–Kier alpha value is -3.04. The molecule has 0 fully saturated rings. The molecule has 0 aliphatic carbocycles. The van der Waals surface area contributed by atoms with Crippen molar-refractivity contribution in [1.82, 2.24) is 5.32 Å². The van der Waals surface area contributed by atoms with Gasteiger partial charge in [0.2, 0.25) is 0 Å². The van der Waals surface area contributed by atoms with Crippen LogP contribution < -0.4 is 15.4 Å². The Morgan fingerprint density at radius 3 is 2.77 bits per heavy atom. The first-order valence-corrected chi connectivity index (χ1v) is 10.2. The maximum absolute atomic E-state index is 11.6. The van der Waals surface area contributed by atoms with Crippen LogP contribution in [0.4, 0.5) is 5.69 Å². The van der Waals surface area contributed by atoms with Crippen molar-refractivity contribution in [3.8, 4) is 11.8 Å². The Bertz CT molecular complexity index is 964. The molecular formula is C24H29N3O3. The van der Waals surface area contributed by atoms with Gasteiger partial charge in [-0.1, -0.05) is 37.3 Å². The third kappa shape index (κ3) is 4.42. The summed E-state index contributed by atoms with van der Waals surface area (Å²) in [6.45, 7) is 9.02. The molecule has 1 aliphatic heterocycles. The van der Waals surface area contributed by atoms with Crippen molar-refractivity contribution >= 4 is 11.7 Å². The fourth-order valence-corrected chi connectivity index (χ4v) is 3.54. The molecule has 1 aliphatic rings. The fourth-order valence-electron chi connectivity index (χ4n) is 3.54. The lowest BCUT2D eigenvalue weighted by Gasteiger charge is -2.33. The number of aliphatic carboxylic acids is 1. The van der Waals surface area contributed by atoms with Crippen LogP contribution in [0.15, 0.2) is 42.5 Å². The monoisotopic (exact) mass is 407 g/mol. The summed E-state index contributed by atoms with van der Waals surface area (Å²) in [5, 5.41) is 25.7. The van der Waals surface area contributed by atoms with E-state index in [4.69, 9.17) is 4.74 Å². The van der Waals surface area contributed by atoms with E-state index in [1.54, 1.807) is 19.9 Å². The Balaban J connectivity index is 1.63. The molecule has 30 heavy (non-hydrogen) atoms. The van der Waals surface area contributed by atoms with Gasteiger partial charge in [-0.25, -0.2) is 0 Å². The van der Waals surface area contributed by atoms with Crippen LogP contribution in [0.3, 0.4) is 0 Å². The molecule has 2 aromatic carbocycles. The highest BCUT2D eigenvalue weighted by Gasteiger charge is 2.30. The van der Waals surface area contributed by atoms with E-state index in [9.17, 15) is 15.2 Å². The van der Waals surface area contributed by atoms with Gasteiger partial charge in [-0.3, -0.25) is 4.79 Å². The number of rotatable bonds is 7. The number of hydrogen-bond donors (Lipinski definition) is 3. The zero-order chi connectivity index (χ0) is 21.9. The second-order valence-corrected chi connectivity index (χ2v) is 8.48. The minimum absolute atomic E-state index is 0.0680. The van der Waals surface area contributed by atoms with Crippen LogP contribution in [0.25, 0.3) is 0 Å². The van der Waals surface area contributed by atoms with Crippen molar-refractivity contribution in [2.24, 2.45) is 0 Å². The Kier molecular flexibility index (Phi) is 6.33. The summed E-state index contributed by atoms with van der Waals surface area (Å²) in [6.07, 6.45) is -0.100. The maximum atomic E-state index is 11.6. The number of carboxylic acids is 1. The molecule has 0 saturated heterocycles. The molecule has 1 heterocycles. The fraction of sp³-hybridized carbons (Fsp3) is 0.417. The van der Waals surface area contributed by atoms with Gasteiger partial charge in [-0.15, -0.1) is 0 Å². The van der Waals surface area contributed by atoms with Crippen molar-refractivity contribution in [2.75, 3.05) is 18.4 Å². The molecule has 3 atom stereocenters. The lowest BCUT2D eigenvalue weighted by atomic mass is 9.83. The van der Waals surface area contributed by atoms with Crippen molar-refractivity contribution in [2.45, 2.75) is 51.2 Å². The van der Waals surface area contributed by atoms with Gasteiger partial charge in [0.15, 0.2) is 5.75 Å². The molecule has 0 saturated carbocycles. The predicted octanol–water partition coefficient (Wildman–Crippen LogP) is 3.88. The van der Waals surface area contributed by atoms with Crippen LogP contribution in [-0.4, -0.2) is 36.3 Å². The van der Waals surface area contributed by atoms with Crippen LogP contribution in [-0.2, 0) is 10.2 Å².